The summed E-state index contributed by atoms with van der Waals surface area (Å²) in [7, 11) is 3.78. The predicted octanol–water partition coefficient (Wildman–Crippen LogP) is 2.64. The van der Waals surface area contributed by atoms with Crippen LogP contribution in [0.5, 0.6) is 0 Å². The van der Waals surface area contributed by atoms with Gasteiger partial charge in [-0.05, 0) is 30.9 Å². The molecule has 6 heteroatoms. The van der Waals surface area contributed by atoms with Gasteiger partial charge in [0, 0.05) is 33.8 Å². The van der Waals surface area contributed by atoms with Crippen molar-refractivity contribution in [3.05, 3.63) is 23.2 Å². The van der Waals surface area contributed by atoms with Crippen LogP contribution in [-0.4, -0.2) is 49.8 Å². The molecule has 116 valence electrons. The molecule has 1 aliphatic rings. The van der Waals surface area contributed by atoms with E-state index in [1.54, 1.807) is 11.0 Å². The molecule has 1 unspecified atom stereocenters. The second-order valence-corrected chi connectivity index (χ2v) is 6.00. The second kappa shape index (κ2) is 7.00. The van der Waals surface area contributed by atoms with Crippen molar-refractivity contribution < 1.29 is 9.90 Å². The third-order valence-electron chi connectivity index (χ3n) is 3.74. The molecule has 2 rings (SSSR count). The van der Waals surface area contributed by atoms with E-state index < -0.39 is 0 Å². The topological polar surface area (TPSA) is 55.8 Å². The summed E-state index contributed by atoms with van der Waals surface area (Å²) >= 11 is 6.20. The molecule has 1 heterocycles. The fraction of sp³-hybridized carbons (Fsp3) is 0.533. The van der Waals surface area contributed by atoms with Crippen LogP contribution in [0.2, 0.25) is 5.02 Å². The number of carbonyl (C=O) groups excluding carboxylic acids is 1. The smallest absolute Gasteiger partial charge is 0.321 e. The first kappa shape index (κ1) is 15.9. The van der Waals surface area contributed by atoms with Gasteiger partial charge in [0.1, 0.15) is 0 Å². The quantitative estimate of drug-likeness (QED) is 0.902. The molecular formula is C15H22ClN3O2. The maximum atomic E-state index is 12.4. The molecule has 2 amide bonds. The highest BCUT2D eigenvalue weighted by atomic mass is 35.5. The number of nitrogens with zero attached hydrogens (tertiary/aromatic N) is 2. The minimum Gasteiger partial charge on any atom is -0.396 e. The van der Waals surface area contributed by atoms with E-state index in [1.165, 1.54) is 0 Å². The second-order valence-electron chi connectivity index (χ2n) is 5.60. The summed E-state index contributed by atoms with van der Waals surface area (Å²) in [4.78, 5) is 16.0. The Morgan fingerprint density at radius 2 is 2.29 bits per heavy atom. The number of aliphatic hydroxyl groups is 1. The largest absolute Gasteiger partial charge is 0.396 e. The van der Waals surface area contributed by atoms with E-state index in [-0.39, 0.29) is 18.6 Å². The number of amides is 2. The number of anilines is 2. The third kappa shape index (κ3) is 3.80. The maximum Gasteiger partial charge on any atom is 0.321 e. The van der Waals surface area contributed by atoms with Crippen molar-refractivity contribution in [1.82, 2.24) is 4.90 Å². The van der Waals surface area contributed by atoms with Crippen molar-refractivity contribution >= 4 is 29.0 Å². The average molecular weight is 312 g/mol. The Hall–Kier alpha value is -1.46. The van der Waals surface area contributed by atoms with Gasteiger partial charge >= 0.3 is 6.03 Å². The molecule has 1 aliphatic heterocycles. The van der Waals surface area contributed by atoms with Crippen molar-refractivity contribution in [1.29, 1.82) is 0 Å². The highest BCUT2D eigenvalue weighted by Crippen LogP contribution is 2.32. The SMILES string of the molecule is CN(C)c1c(Cl)cccc1NC(=O)N1CCCC(CO)C1. The Morgan fingerprint density at radius 1 is 1.52 bits per heavy atom. The fourth-order valence-corrected chi connectivity index (χ4v) is 3.01. The monoisotopic (exact) mass is 311 g/mol. The predicted molar refractivity (Wildman–Crippen MR) is 86.2 cm³/mol. The summed E-state index contributed by atoms with van der Waals surface area (Å²) < 4.78 is 0. The lowest BCUT2D eigenvalue weighted by atomic mass is 9.99. The zero-order valence-corrected chi connectivity index (χ0v) is 13.2. The van der Waals surface area contributed by atoms with Crippen LogP contribution in [0.15, 0.2) is 18.2 Å². The highest BCUT2D eigenvalue weighted by Gasteiger charge is 2.24. The number of para-hydroxylation sites is 1. The number of carbonyl (C=O) groups is 1. The van der Waals surface area contributed by atoms with Gasteiger partial charge in [-0.15, -0.1) is 0 Å². The summed E-state index contributed by atoms with van der Waals surface area (Å²) in [5.74, 6) is 0.178. The first-order valence-corrected chi connectivity index (χ1v) is 7.53. The molecule has 1 fully saturated rings. The third-order valence-corrected chi connectivity index (χ3v) is 4.04. The Balaban J connectivity index is 2.11. The van der Waals surface area contributed by atoms with Gasteiger partial charge in [0.15, 0.2) is 0 Å². The normalized spacial score (nSPS) is 18.5. The minimum absolute atomic E-state index is 0.129. The van der Waals surface area contributed by atoms with E-state index in [2.05, 4.69) is 5.32 Å². The van der Waals surface area contributed by atoms with Crippen LogP contribution in [0.3, 0.4) is 0 Å². The Bertz CT molecular complexity index is 508. The van der Waals surface area contributed by atoms with E-state index in [0.29, 0.717) is 17.3 Å². The lowest BCUT2D eigenvalue weighted by molar-refractivity contribution is 0.136. The minimum atomic E-state index is -0.140. The molecule has 5 nitrogen and oxygen atoms in total. The van der Waals surface area contributed by atoms with E-state index >= 15 is 0 Å². The van der Waals surface area contributed by atoms with Crippen molar-refractivity contribution in [3.63, 3.8) is 0 Å². The Kier molecular flexibility index (Phi) is 5.31. The summed E-state index contributed by atoms with van der Waals surface area (Å²) in [6, 6.07) is 5.32. The van der Waals surface area contributed by atoms with Crippen molar-refractivity contribution in [3.8, 4) is 0 Å². The number of benzene rings is 1. The van der Waals surface area contributed by atoms with Gasteiger partial charge in [-0.25, -0.2) is 4.79 Å². The molecule has 0 spiro atoms. The van der Waals surface area contributed by atoms with E-state index in [1.807, 2.05) is 31.1 Å². The van der Waals surface area contributed by atoms with E-state index in [0.717, 1.165) is 25.1 Å². The number of rotatable bonds is 3. The first-order valence-electron chi connectivity index (χ1n) is 7.15. The zero-order chi connectivity index (χ0) is 15.4. The summed E-state index contributed by atoms with van der Waals surface area (Å²) in [6.07, 6.45) is 1.90. The molecule has 2 N–H and O–H groups in total. The van der Waals surface area contributed by atoms with Crippen molar-refractivity contribution in [2.24, 2.45) is 5.92 Å². The van der Waals surface area contributed by atoms with Gasteiger partial charge in [0.25, 0.3) is 0 Å². The van der Waals surface area contributed by atoms with Crippen LogP contribution in [0.1, 0.15) is 12.8 Å². The Labute approximate surface area is 130 Å². The summed E-state index contributed by atoms with van der Waals surface area (Å²) in [6.45, 7) is 1.45. The van der Waals surface area contributed by atoms with E-state index in [9.17, 15) is 9.90 Å². The molecule has 21 heavy (non-hydrogen) atoms. The molecule has 0 radical (unpaired) electrons. The van der Waals surface area contributed by atoms with Crippen molar-refractivity contribution in [2.75, 3.05) is 44.0 Å². The molecule has 0 aromatic heterocycles. The lowest BCUT2D eigenvalue weighted by Crippen LogP contribution is -2.43. The number of likely N-dealkylation sites (tertiary alicyclic amines) is 1. The van der Waals surface area contributed by atoms with Crippen LogP contribution >= 0.6 is 11.6 Å². The van der Waals surface area contributed by atoms with Gasteiger partial charge in [0.2, 0.25) is 0 Å². The maximum absolute atomic E-state index is 12.4. The highest BCUT2D eigenvalue weighted by molar-refractivity contribution is 6.34. The molecule has 1 atom stereocenters. The molecular weight excluding hydrogens is 290 g/mol. The molecule has 0 saturated carbocycles. The average Bonchev–Trinajstić information content (AvgIpc) is 2.47. The molecule has 0 aliphatic carbocycles. The van der Waals surface area contributed by atoms with Gasteiger partial charge in [0.05, 0.1) is 16.4 Å². The van der Waals surface area contributed by atoms with Gasteiger partial charge in [-0.3, -0.25) is 0 Å². The number of aliphatic hydroxyl groups excluding tert-OH is 1. The Morgan fingerprint density at radius 3 is 2.95 bits per heavy atom. The molecule has 1 aromatic carbocycles. The van der Waals surface area contributed by atoms with Crippen LogP contribution in [0.25, 0.3) is 0 Å². The van der Waals surface area contributed by atoms with Crippen molar-refractivity contribution in [2.45, 2.75) is 12.8 Å². The zero-order valence-electron chi connectivity index (χ0n) is 12.5. The fourth-order valence-electron chi connectivity index (χ4n) is 2.66. The summed E-state index contributed by atoms with van der Waals surface area (Å²) in [5.41, 5.74) is 1.49. The van der Waals surface area contributed by atoms with E-state index in [4.69, 9.17) is 11.6 Å². The molecule has 1 aromatic rings. The molecule has 1 saturated heterocycles. The van der Waals surface area contributed by atoms with Crippen LogP contribution in [-0.2, 0) is 0 Å². The van der Waals surface area contributed by atoms with Crippen LogP contribution in [0.4, 0.5) is 16.2 Å². The number of urea groups is 1. The number of piperidine rings is 1. The lowest BCUT2D eigenvalue weighted by Gasteiger charge is -2.32. The number of hydrogen-bond acceptors (Lipinski definition) is 3. The first-order chi connectivity index (χ1) is 10.0. The number of halogens is 1. The van der Waals surface area contributed by atoms with Crippen LogP contribution < -0.4 is 10.2 Å². The van der Waals surface area contributed by atoms with Gasteiger partial charge < -0.3 is 20.2 Å². The van der Waals surface area contributed by atoms with Gasteiger partial charge in [-0.2, -0.15) is 0 Å². The standard InChI is InChI=1S/C15H22ClN3O2/c1-18(2)14-12(16)6-3-7-13(14)17-15(21)19-8-4-5-11(9-19)10-20/h3,6-7,11,20H,4-5,8-10H2,1-2H3,(H,17,21). The van der Waals surface area contributed by atoms with Crippen LogP contribution in [0, 0.1) is 5.92 Å². The molecule has 0 bridgehead atoms. The summed E-state index contributed by atoms with van der Waals surface area (Å²) in [5, 5.41) is 12.8. The number of hydrogen-bond donors (Lipinski definition) is 2. The van der Waals surface area contributed by atoms with Gasteiger partial charge in [-0.1, -0.05) is 17.7 Å². The number of nitrogens with one attached hydrogen (secondary N) is 1.